The van der Waals surface area contributed by atoms with E-state index in [9.17, 15) is 9.59 Å². The average Bonchev–Trinajstić information content (AvgIpc) is 3.07. The van der Waals surface area contributed by atoms with Crippen molar-refractivity contribution in [3.63, 3.8) is 0 Å². The molecular weight excluding hydrogens is 318 g/mol. The molecule has 0 spiro atoms. The standard InChI is InChI=1S/C18H23N5O2/c1-14-17(24)20-7-2-9-23(14)18(25)21-11-15-3-5-16(6-4-15)12-22-10-8-19-13-22/h3-6,8,10,13-14H,2,7,9,11-12H2,1H3,(H,20,24)(H,21,25). The van der Waals surface area contributed by atoms with Crippen molar-refractivity contribution in [3.05, 3.63) is 54.1 Å². The highest BCUT2D eigenvalue weighted by Gasteiger charge is 2.27. The summed E-state index contributed by atoms with van der Waals surface area (Å²) < 4.78 is 2.00. The van der Waals surface area contributed by atoms with Gasteiger partial charge in [0.25, 0.3) is 0 Å². The molecule has 1 saturated heterocycles. The quantitative estimate of drug-likeness (QED) is 0.881. The Morgan fingerprint density at radius 3 is 2.80 bits per heavy atom. The summed E-state index contributed by atoms with van der Waals surface area (Å²) in [5.41, 5.74) is 2.19. The summed E-state index contributed by atoms with van der Waals surface area (Å²) in [6.07, 6.45) is 6.24. The van der Waals surface area contributed by atoms with Crippen LogP contribution in [0.25, 0.3) is 0 Å². The lowest BCUT2D eigenvalue weighted by atomic mass is 10.1. The maximum Gasteiger partial charge on any atom is 0.318 e. The minimum absolute atomic E-state index is 0.100. The van der Waals surface area contributed by atoms with E-state index >= 15 is 0 Å². The van der Waals surface area contributed by atoms with Gasteiger partial charge in [0, 0.05) is 38.6 Å². The van der Waals surface area contributed by atoms with E-state index in [1.54, 1.807) is 24.3 Å². The minimum Gasteiger partial charge on any atom is -0.354 e. The molecule has 0 saturated carbocycles. The molecule has 2 N–H and O–H groups in total. The highest BCUT2D eigenvalue weighted by molar-refractivity contribution is 5.87. The number of hydrogen-bond donors (Lipinski definition) is 2. The van der Waals surface area contributed by atoms with E-state index in [1.165, 1.54) is 5.56 Å². The van der Waals surface area contributed by atoms with E-state index in [0.717, 1.165) is 18.5 Å². The Morgan fingerprint density at radius 2 is 2.08 bits per heavy atom. The molecule has 1 aliphatic heterocycles. The van der Waals surface area contributed by atoms with Crippen LogP contribution in [0.4, 0.5) is 4.79 Å². The first-order valence-electron chi connectivity index (χ1n) is 8.49. The van der Waals surface area contributed by atoms with Gasteiger partial charge in [-0.25, -0.2) is 9.78 Å². The van der Waals surface area contributed by atoms with Crippen molar-refractivity contribution in [1.82, 2.24) is 25.1 Å². The Balaban J connectivity index is 1.54. The van der Waals surface area contributed by atoms with Gasteiger partial charge >= 0.3 is 6.03 Å². The topological polar surface area (TPSA) is 79.3 Å². The second-order valence-corrected chi connectivity index (χ2v) is 6.22. The number of carbonyl (C=O) groups excluding carboxylic acids is 2. The molecule has 1 fully saturated rings. The van der Waals surface area contributed by atoms with Gasteiger partial charge in [-0.3, -0.25) is 4.79 Å². The van der Waals surface area contributed by atoms with Crippen LogP contribution in [0.3, 0.4) is 0 Å². The summed E-state index contributed by atoms with van der Waals surface area (Å²) in [7, 11) is 0. The Labute approximate surface area is 147 Å². The van der Waals surface area contributed by atoms with Crippen LogP contribution in [-0.2, 0) is 17.9 Å². The van der Waals surface area contributed by atoms with Crippen molar-refractivity contribution in [2.45, 2.75) is 32.5 Å². The van der Waals surface area contributed by atoms with Crippen LogP contribution >= 0.6 is 0 Å². The smallest absolute Gasteiger partial charge is 0.318 e. The predicted octanol–water partition coefficient (Wildman–Crippen LogP) is 1.35. The zero-order valence-corrected chi connectivity index (χ0v) is 14.3. The average molecular weight is 341 g/mol. The summed E-state index contributed by atoms with van der Waals surface area (Å²) >= 11 is 0. The minimum atomic E-state index is -0.444. The van der Waals surface area contributed by atoms with Gasteiger partial charge in [0.2, 0.25) is 5.91 Å². The number of nitrogens with zero attached hydrogens (tertiary/aromatic N) is 3. The summed E-state index contributed by atoms with van der Waals surface area (Å²) in [5.74, 6) is -0.100. The van der Waals surface area contributed by atoms with Gasteiger partial charge in [0.05, 0.1) is 6.33 Å². The van der Waals surface area contributed by atoms with E-state index in [2.05, 4.69) is 15.6 Å². The molecule has 1 unspecified atom stereocenters. The predicted molar refractivity (Wildman–Crippen MR) is 93.8 cm³/mol. The number of aromatic nitrogens is 2. The molecule has 3 amide bonds. The lowest BCUT2D eigenvalue weighted by Gasteiger charge is -2.25. The van der Waals surface area contributed by atoms with E-state index in [0.29, 0.717) is 19.6 Å². The van der Waals surface area contributed by atoms with Crippen LogP contribution < -0.4 is 10.6 Å². The van der Waals surface area contributed by atoms with Crippen LogP contribution in [0, 0.1) is 0 Å². The highest BCUT2D eigenvalue weighted by Crippen LogP contribution is 2.08. The first-order chi connectivity index (χ1) is 12.1. The number of hydrogen-bond acceptors (Lipinski definition) is 3. The molecule has 1 atom stereocenters. The normalized spacial score (nSPS) is 17.7. The number of rotatable bonds is 4. The molecule has 2 heterocycles. The fourth-order valence-corrected chi connectivity index (χ4v) is 2.85. The van der Waals surface area contributed by atoms with Gasteiger partial charge in [-0.2, -0.15) is 0 Å². The Kier molecular flexibility index (Phi) is 5.33. The molecule has 1 aromatic carbocycles. The maximum absolute atomic E-state index is 12.4. The van der Waals surface area contributed by atoms with Gasteiger partial charge in [-0.1, -0.05) is 24.3 Å². The summed E-state index contributed by atoms with van der Waals surface area (Å²) in [6, 6.07) is 7.45. The lowest BCUT2D eigenvalue weighted by Crippen LogP contribution is -2.49. The van der Waals surface area contributed by atoms with E-state index in [-0.39, 0.29) is 11.9 Å². The monoisotopic (exact) mass is 341 g/mol. The molecule has 7 nitrogen and oxygen atoms in total. The third kappa shape index (κ3) is 4.37. The van der Waals surface area contributed by atoms with Crippen molar-refractivity contribution in [2.75, 3.05) is 13.1 Å². The van der Waals surface area contributed by atoms with E-state index in [1.807, 2.05) is 35.0 Å². The van der Waals surface area contributed by atoms with Gasteiger partial charge in [0.15, 0.2) is 0 Å². The van der Waals surface area contributed by atoms with Crippen molar-refractivity contribution in [1.29, 1.82) is 0 Å². The molecule has 7 heteroatoms. The largest absolute Gasteiger partial charge is 0.354 e. The zero-order valence-electron chi connectivity index (χ0n) is 14.3. The summed E-state index contributed by atoms with van der Waals surface area (Å²) in [4.78, 5) is 29.8. The molecule has 3 rings (SSSR count). The molecule has 0 bridgehead atoms. The molecule has 1 aliphatic rings. The van der Waals surface area contributed by atoms with E-state index < -0.39 is 6.04 Å². The van der Waals surface area contributed by atoms with Crippen LogP contribution in [0.5, 0.6) is 0 Å². The zero-order chi connectivity index (χ0) is 17.6. The molecule has 25 heavy (non-hydrogen) atoms. The Bertz CT molecular complexity index is 712. The van der Waals surface area contributed by atoms with Gasteiger partial charge in [-0.05, 0) is 24.5 Å². The maximum atomic E-state index is 12.4. The van der Waals surface area contributed by atoms with Crippen LogP contribution in [-0.4, -0.2) is 45.5 Å². The van der Waals surface area contributed by atoms with Crippen LogP contribution in [0.15, 0.2) is 43.0 Å². The van der Waals surface area contributed by atoms with Crippen molar-refractivity contribution in [2.24, 2.45) is 0 Å². The third-order valence-corrected chi connectivity index (χ3v) is 4.37. The molecule has 0 aliphatic carbocycles. The Hall–Kier alpha value is -2.83. The van der Waals surface area contributed by atoms with Crippen molar-refractivity contribution >= 4 is 11.9 Å². The number of imidazole rings is 1. The summed E-state index contributed by atoms with van der Waals surface area (Å²) in [6.45, 7) is 4.16. The molecule has 132 valence electrons. The number of carbonyl (C=O) groups is 2. The van der Waals surface area contributed by atoms with Crippen LogP contribution in [0.1, 0.15) is 24.5 Å². The third-order valence-electron chi connectivity index (χ3n) is 4.37. The molecule has 0 radical (unpaired) electrons. The fraction of sp³-hybridized carbons (Fsp3) is 0.389. The second kappa shape index (κ2) is 7.83. The van der Waals surface area contributed by atoms with Crippen molar-refractivity contribution < 1.29 is 9.59 Å². The number of benzene rings is 1. The van der Waals surface area contributed by atoms with Gasteiger partial charge in [0.1, 0.15) is 6.04 Å². The number of nitrogens with one attached hydrogen (secondary N) is 2. The van der Waals surface area contributed by atoms with E-state index in [4.69, 9.17) is 0 Å². The molecule has 1 aromatic heterocycles. The number of amides is 3. The van der Waals surface area contributed by atoms with Crippen molar-refractivity contribution in [3.8, 4) is 0 Å². The Morgan fingerprint density at radius 1 is 1.32 bits per heavy atom. The highest BCUT2D eigenvalue weighted by atomic mass is 16.2. The number of urea groups is 1. The second-order valence-electron chi connectivity index (χ2n) is 6.22. The SMILES string of the molecule is CC1C(=O)NCCCN1C(=O)NCc1ccc(Cn2ccnc2)cc1. The molecular formula is C18H23N5O2. The molecule has 2 aromatic rings. The summed E-state index contributed by atoms with van der Waals surface area (Å²) in [5, 5.41) is 5.71. The first-order valence-corrected chi connectivity index (χ1v) is 8.49. The lowest BCUT2D eigenvalue weighted by molar-refractivity contribution is -0.124. The van der Waals surface area contributed by atoms with Crippen LogP contribution in [0.2, 0.25) is 0 Å². The van der Waals surface area contributed by atoms with Gasteiger partial charge in [-0.15, -0.1) is 0 Å². The van der Waals surface area contributed by atoms with Gasteiger partial charge < -0.3 is 20.1 Å². The first kappa shape index (κ1) is 17.0. The fourth-order valence-electron chi connectivity index (χ4n) is 2.85.